The molecule has 1 N–H and O–H groups in total. The van der Waals surface area contributed by atoms with Gasteiger partial charge in [0.05, 0.1) is 25.7 Å². The SMILES string of the molecule is c1ccc(OC[C@@H]2CCC[NH+]3CCCC[C@H]23)nc1. The second-order valence-electron chi connectivity index (χ2n) is 5.64. The minimum Gasteiger partial charge on any atom is -0.477 e. The van der Waals surface area contributed by atoms with Crippen LogP contribution in [-0.4, -0.2) is 30.7 Å². The topological polar surface area (TPSA) is 26.6 Å². The van der Waals surface area contributed by atoms with Gasteiger partial charge in [-0.1, -0.05) is 6.07 Å². The predicted molar refractivity (Wildman–Crippen MR) is 70.8 cm³/mol. The van der Waals surface area contributed by atoms with Crippen molar-refractivity contribution in [2.75, 3.05) is 19.7 Å². The van der Waals surface area contributed by atoms with Crippen molar-refractivity contribution >= 4 is 0 Å². The Morgan fingerprint density at radius 2 is 2.11 bits per heavy atom. The van der Waals surface area contributed by atoms with Crippen LogP contribution in [0.15, 0.2) is 24.4 Å². The number of quaternary nitrogens is 1. The third-order valence-electron chi connectivity index (χ3n) is 4.51. The Morgan fingerprint density at radius 1 is 1.17 bits per heavy atom. The van der Waals surface area contributed by atoms with Crippen molar-refractivity contribution < 1.29 is 9.64 Å². The summed E-state index contributed by atoms with van der Waals surface area (Å²) in [7, 11) is 0. The van der Waals surface area contributed by atoms with Crippen molar-refractivity contribution in [2.45, 2.75) is 38.1 Å². The Morgan fingerprint density at radius 3 is 3.00 bits per heavy atom. The summed E-state index contributed by atoms with van der Waals surface area (Å²) in [6.45, 7) is 3.61. The lowest BCUT2D eigenvalue weighted by Crippen LogP contribution is -3.18. The van der Waals surface area contributed by atoms with E-state index in [9.17, 15) is 0 Å². The van der Waals surface area contributed by atoms with E-state index in [-0.39, 0.29) is 0 Å². The summed E-state index contributed by atoms with van der Waals surface area (Å²) in [4.78, 5) is 6.07. The molecular formula is C15H23N2O+. The molecule has 1 aromatic heterocycles. The molecule has 0 spiro atoms. The van der Waals surface area contributed by atoms with Crippen molar-refractivity contribution in [1.82, 2.24) is 4.98 Å². The summed E-state index contributed by atoms with van der Waals surface area (Å²) in [6, 6.07) is 6.71. The van der Waals surface area contributed by atoms with Gasteiger partial charge in [-0.3, -0.25) is 0 Å². The van der Waals surface area contributed by atoms with Crippen molar-refractivity contribution in [3.63, 3.8) is 0 Å². The maximum Gasteiger partial charge on any atom is 0.213 e. The van der Waals surface area contributed by atoms with Gasteiger partial charge >= 0.3 is 0 Å². The smallest absolute Gasteiger partial charge is 0.213 e. The zero-order valence-electron chi connectivity index (χ0n) is 11.0. The number of nitrogens with zero attached hydrogens (tertiary/aromatic N) is 1. The lowest BCUT2D eigenvalue weighted by molar-refractivity contribution is -0.940. The summed E-state index contributed by atoms with van der Waals surface area (Å²) in [6.07, 6.45) is 8.72. The highest BCUT2D eigenvalue weighted by atomic mass is 16.5. The fourth-order valence-electron chi connectivity index (χ4n) is 3.60. The second-order valence-corrected chi connectivity index (χ2v) is 5.64. The highest BCUT2D eigenvalue weighted by Gasteiger charge is 2.36. The minimum atomic E-state index is 0.732. The van der Waals surface area contributed by atoms with E-state index in [1.807, 2.05) is 23.1 Å². The molecule has 0 bridgehead atoms. The van der Waals surface area contributed by atoms with Gasteiger partial charge in [-0.25, -0.2) is 4.98 Å². The third-order valence-corrected chi connectivity index (χ3v) is 4.51. The van der Waals surface area contributed by atoms with Gasteiger partial charge in [-0.2, -0.15) is 0 Å². The Balaban J connectivity index is 1.58. The highest BCUT2D eigenvalue weighted by Crippen LogP contribution is 2.21. The van der Waals surface area contributed by atoms with E-state index in [4.69, 9.17) is 4.74 Å². The number of fused-ring (bicyclic) bond motifs is 1. The molecule has 3 rings (SSSR count). The van der Waals surface area contributed by atoms with Gasteiger partial charge in [-0.05, 0) is 38.2 Å². The number of rotatable bonds is 3. The first-order valence-electron chi connectivity index (χ1n) is 7.32. The first kappa shape index (κ1) is 12.0. The molecule has 3 nitrogen and oxygen atoms in total. The van der Waals surface area contributed by atoms with Crippen molar-refractivity contribution in [2.24, 2.45) is 5.92 Å². The molecule has 2 saturated heterocycles. The first-order chi connectivity index (χ1) is 8.93. The minimum absolute atomic E-state index is 0.732. The molecule has 2 aliphatic heterocycles. The molecule has 0 aromatic carbocycles. The molecule has 18 heavy (non-hydrogen) atoms. The maximum atomic E-state index is 5.87. The van der Waals surface area contributed by atoms with Crippen LogP contribution >= 0.6 is 0 Å². The number of aromatic nitrogens is 1. The largest absolute Gasteiger partial charge is 0.477 e. The molecule has 1 unspecified atom stereocenters. The molecule has 3 atom stereocenters. The average Bonchev–Trinajstić information content (AvgIpc) is 2.46. The van der Waals surface area contributed by atoms with E-state index < -0.39 is 0 Å². The van der Waals surface area contributed by atoms with E-state index in [1.54, 1.807) is 6.20 Å². The Kier molecular flexibility index (Phi) is 3.79. The van der Waals surface area contributed by atoms with Crippen LogP contribution in [0.3, 0.4) is 0 Å². The van der Waals surface area contributed by atoms with Gasteiger partial charge in [0.1, 0.15) is 0 Å². The molecule has 0 amide bonds. The predicted octanol–water partition coefficient (Wildman–Crippen LogP) is 1.31. The van der Waals surface area contributed by atoms with E-state index in [2.05, 4.69) is 4.98 Å². The van der Waals surface area contributed by atoms with E-state index in [1.165, 1.54) is 45.2 Å². The van der Waals surface area contributed by atoms with Crippen molar-refractivity contribution in [3.05, 3.63) is 24.4 Å². The van der Waals surface area contributed by atoms with Crippen molar-refractivity contribution in [1.29, 1.82) is 0 Å². The quantitative estimate of drug-likeness (QED) is 0.871. The standard InChI is InChI=1S/C15H22N2O/c1-3-9-16-15(8-1)18-12-13-6-5-11-17-10-4-2-7-14(13)17/h1,3,8-9,13-14H,2,4-7,10-12H2/p+1/t13-,14+/m0/s1. The summed E-state index contributed by atoms with van der Waals surface area (Å²) >= 11 is 0. The summed E-state index contributed by atoms with van der Waals surface area (Å²) < 4.78 is 5.87. The molecule has 3 heteroatoms. The van der Waals surface area contributed by atoms with Crippen molar-refractivity contribution in [3.8, 4) is 5.88 Å². The van der Waals surface area contributed by atoms with E-state index in [0.717, 1.165) is 24.4 Å². The normalized spacial score (nSPS) is 31.7. The molecule has 0 radical (unpaired) electrons. The summed E-state index contributed by atoms with van der Waals surface area (Å²) in [5, 5.41) is 0. The van der Waals surface area contributed by atoms with Gasteiger partial charge in [0.15, 0.2) is 0 Å². The fourth-order valence-corrected chi connectivity index (χ4v) is 3.60. The number of hydrogen-bond acceptors (Lipinski definition) is 2. The summed E-state index contributed by atoms with van der Waals surface area (Å²) in [5.41, 5.74) is 0. The molecule has 0 saturated carbocycles. The third kappa shape index (κ3) is 2.66. The number of nitrogens with one attached hydrogen (secondary N) is 1. The van der Waals surface area contributed by atoms with Crippen LogP contribution in [0.2, 0.25) is 0 Å². The maximum absolute atomic E-state index is 5.87. The molecule has 2 aliphatic rings. The average molecular weight is 247 g/mol. The lowest BCUT2D eigenvalue weighted by atomic mass is 9.84. The van der Waals surface area contributed by atoms with Gasteiger partial charge in [0.2, 0.25) is 5.88 Å². The van der Waals surface area contributed by atoms with Gasteiger partial charge in [0, 0.05) is 18.2 Å². The van der Waals surface area contributed by atoms with E-state index >= 15 is 0 Å². The molecular weight excluding hydrogens is 224 g/mol. The second kappa shape index (κ2) is 5.70. The van der Waals surface area contributed by atoms with Crippen LogP contribution in [0.1, 0.15) is 32.1 Å². The van der Waals surface area contributed by atoms with Crippen LogP contribution in [0, 0.1) is 5.92 Å². The monoisotopic (exact) mass is 247 g/mol. The van der Waals surface area contributed by atoms with Gasteiger partial charge in [0.25, 0.3) is 0 Å². The Bertz CT molecular complexity index is 366. The van der Waals surface area contributed by atoms with Crippen LogP contribution < -0.4 is 9.64 Å². The number of piperidine rings is 2. The van der Waals surface area contributed by atoms with Gasteiger partial charge in [-0.15, -0.1) is 0 Å². The number of ether oxygens (including phenoxy) is 1. The molecule has 3 heterocycles. The molecule has 2 fully saturated rings. The summed E-state index contributed by atoms with van der Waals surface area (Å²) in [5.74, 6) is 1.51. The lowest BCUT2D eigenvalue weighted by Gasteiger charge is -2.41. The zero-order valence-corrected chi connectivity index (χ0v) is 11.0. The van der Waals surface area contributed by atoms with Crippen LogP contribution in [0.25, 0.3) is 0 Å². The number of pyridine rings is 1. The molecule has 1 aromatic rings. The zero-order chi connectivity index (χ0) is 12.2. The molecule has 0 aliphatic carbocycles. The fraction of sp³-hybridized carbons (Fsp3) is 0.667. The van der Waals surface area contributed by atoms with E-state index in [0.29, 0.717) is 0 Å². The van der Waals surface area contributed by atoms with Crippen LogP contribution in [-0.2, 0) is 0 Å². The van der Waals surface area contributed by atoms with Crippen LogP contribution in [0.4, 0.5) is 0 Å². The van der Waals surface area contributed by atoms with Crippen LogP contribution in [0.5, 0.6) is 5.88 Å². The Labute approximate surface area is 109 Å². The Hall–Kier alpha value is -1.09. The highest BCUT2D eigenvalue weighted by molar-refractivity contribution is 5.09. The molecule has 98 valence electrons. The number of hydrogen-bond donors (Lipinski definition) is 1. The first-order valence-corrected chi connectivity index (χ1v) is 7.32. The van der Waals surface area contributed by atoms with Gasteiger partial charge < -0.3 is 9.64 Å².